The van der Waals surface area contributed by atoms with Crippen LogP contribution in [0.2, 0.25) is 0 Å². The van der Waals surface area contributed by atoms with Crippen molar-refractivity contribution >= 4 is 8.25 Å². The van der Waals surface area contributed by atoms with Crippen molar-refractivity contribution in [3.8, 4) is 0 Å². The summed E-state index contributed by atoms with van der Waals surface area (Å²) in [6.45, 7) is 5.29. The summed E-state index contributed by atoms with van der Waals surface area (Å²) in [5, 5.41) is 1.59. The zero-order chi connectivity index (χ0) is 7.98. The fraction of sp³-hybridized carbons (Fsp3) is 1.00. The normalized spacial score (nSPS) is 14.0. The summed E-state index contributed by atoms with van der Waals surface area (Å²) in [4.78, 5) is 0. The molecule has 10 heavy (non-hydrogen) atoms. The van der Waals surface area contributed by atoms with Crippen LogP contribution in [0.15, 0.2) is 0 Å². The van der Waals surface area contributed by atoms with Crippen molar-refractivity contribution in [1.82, 2.24) is 5.06 Å². The molecule has 0 bridgehead atoms. The van der Waals surface area contributed by atoms with Crippen LogP contribution in [0.3, 0.4) is 0 Å². The summed E-state index contributed by atoms with van der Waals surface area (Å²) in [5.41, 5.74) is 0. The molecular formula is C5H14NO3P. The summed E-state index contributed by atoms with van der Waals surface area (Å²) >= 11 is 0. The summed E-state index contributed by atoms with van der Waals surface area (Å²) in [6, 6.07) is 0. The Morgan fingerprint density at radius 3 is 2.20 bits per heavy atom. The molecule has 4 nitrogen and oxygen atoms in total. The first kappa shape index (κ1) is 10.1. The smallest absolute Gasteiger partial charge is 0.313 e. The minimum absolute atomic E-state index is 0.719. The molecule has 0 aromatic heterocycles. The highest BCUT2D eigenvalue weighted by Crippen LogP contribution is 2.23. The lowest BCUT2D eigenvalue weighted by atomic mass is 10.6. The van der Waals surface area contributed by atoms with E-state index in [1.165, 1.54) is 7.11 Å². The molecule has 0 rings (SSSR count). The third kappa shape index (κ3) is 4.01. The number of hydrogen-bond donors (Lipinski definition) is 0. The van der Waals surface area contributed by atoms with E-state index in [0.717, 1.165) is 13.1 Å². The Kier molecular flexibility index (Phi) is 5.93. The van der Waals surface area contributed by atoms with Gasteiger partial charge in [-0.25, -0.2) is 4.62 Å². The summed E-state index contributed by atoms with van der Waals surface area (Å²) < 4.78 is 20.0. The van der Waals surface area contributed by atoms with Gasteiger partial charge in [-0.1, -0.05) is 13.8 Å². The zero-order valence-electron chi connectivity index (χ0n) is 6.59. The van der Waals surface area contributed by atoms with Crippen molar-refractivity contribution in [2.75, 3.05) is 20.2 Å². The second-order valence-electron chi connectivity index (χ2n) is 1.66. The molecule has 0 aliphatic rings. The number of hydrogen-bond acceptors (Lipinski definition) is 4. The van der Waals surface area contributed by atoms with Crippen LogP contribution >= 0.6 is 8.25 Å². The van der Waals surface area contributed by atoms with E-state index in [9.17, 15) is 4.57 Å². The summed E-state index contributed by atoms with van der Waals surface area (Å²) in [5.74, 6) is 0. The minimum Gasteiger partial charge on any atom is -0.313 e. The molecule has 62 valence electrons. The molecule has 0 spiro atoms. The van der Waals surface area contributed by atoms with Crippen LogP contribution < -0.4 is 0 Å². The Hall–Kier alpha value is 0.110. The van der Waals surface area contributed by atoms with E-state index < -0.39 is 8.25 Å². The van der Waals surface area contributed by atoms with Gasteiger partial charge < -0.3 is 4.52 Å². The minimum atomic E-state index is -2.28. The molecule has 0 aromatic carbocycles. The molecule has 5 heteroatoms. The van der Waals surface area contributed by atoms with Crippen molar-refractivity contribution in [2.24, 2.45) is 0 Å². The van der Waals surface area contributed by atoms with Crippen molar-refractivity contribution in [1.29, 1.82) is 0 Å². The lowest BCUT2D eigenvalue weighted by Crippen LogP contribution is -2.19. The number of nitrogens with zero attached hydrogens (tertiary/aromatic N) is 1. The van der Waals surface area contributed by atoms with Crippen LogP contribution in [0.25, 0.3) is 0 Å². The molecule has 0 fully saturated rings. The molecule has 1 atom stereocenters. The Morgan fingerprint density at radius 1 is 1.40 bits per heavy atom. The molecule has 1 unspecified atom stereocenters. The van der Waals surface area contributed by atoms with Crippen LogP contribution in [-0.4, -0.2) is 25.3 Å². The van der Waals surface area contributed by atoms with E-state index in [2.05, 4.69) is 4.52 Å². The molecule has 0 N–H and O–H groups in total. The van der Waals surface area contributed by atoms with E-state index >= 15 is 0 Å². The second kappa shape index (κ2) is 5.86. The molecule has 0 radical (unpaired) electrons. The Labute approximate surface area is 62.0 Å². The van der Waals surface area contributed by atoms with E-state index in [1.54, 1.807) is 5.06 Å². The van der Waals surface area contributed by atoms with Gasteiger partial charge >= 0.3 is 8.25 Å². The van der Waals surface area contributed by atoms with Crippen molar-refractivity contribution in [3.05, 3.63) is 0 Å². The van der Waals surface area contributed by atoms with E-state index in [1.807, 2.05) is 13.8 Å². The predicted molar refractivity (Wildman–Crippen MR) is 40.0 cm³/mol. The molecule has 0 aliphatic carbocycles. The van der Waals surface area contributed by atoms with Gasteiger partial charge in [0.2, 0.25) is 0 Å². The highest BCUT2D eigenvalue weighted by Gasteiger charge is 2.02. The third-order valence-corrected chi connectivity index (χ3v) is 1.82. The highest BCUT2D eigenvalue weighted by atomic mass is 31.1. The molecule has 0 saturated heterocycles. The molecule has 0 heterocycles. The maximum atomic E-state index is 10.6. The molecule has 0 aliphatic heterocycles. The van der Waals surface area contributed by atoms with Crippen molar-refractivity contribution in [2.45, 2.75) is 13.8 Å². The van der Waals surface area contributed by atoms with Gasteiger partial charge in [-0.2, -0.15) is 5.06 Å². The van der Waals surface area contributed by atoms with Gasteiger partial charge in [-0.15, -0.1) is 0 Å². The number of hydroxylamine groups is 2. The maximum Gasteiger partial charge on any atom is 0.335 e. The zero-order valence-corrected chi connectivity index (χ0v) is 7.59. The molecule has 0 aromatic rings. The van der Waals surface area contributed by atoms with E-state index in [0.29, 0.717) is 0 Å². The van der Waals surface area contributed by atoms with Gasteiger partial charge in [0.1, 0.15) is 0 Å². The van der Waals surface area contributed by atoms with Crippen LogP contribution in [-0.2, 0) is 13.7 Å². The molecule has 0 saturated carbocycles. The summed E-state index contributed by atoms with van der Waals surface area (Å²) in [6.07, 6.45) is 0. The molecule has 0 amide bonds. The van der Waals surface area contributed by atoms with Crippen molar-refractivity contribution in [3.63, 3.8) is 0 Å². The topological polar surface area (TPSA) is 38.8 Å². The average Bonchev–Trinajstić information content (AvgIpc) is 1.99. The van der Waals surface area contributed by atoms with Crippen LogP contribution in [0.4, 0.5) is 0 Å². The number of rotatable bonds is 5. The standard InChI is InChI=1S/C5H14NO3P/c1-4-6(5-2)9-10(7)8-3/h10H,4-5H2,1-3H3. The van der Waals surface area contributed by atoms with Gasteiger partial charge in [0, 0.05) is 20.2 Å². The lowest BCUT2D eigenvalue weighted by molar-refractivity contribution is -0.0526. The first-order valence-electron chi connectivity index (χ1n) is 3.25. The third-order valence-electron chi connectivity index (χ3n) is 1.08. The second-order valence-corrected chi connectivity index (χ2v) is 2.75. The largest absolute Gasteiger partial charge is 0.335 e. The van der Waals surface area contributed by atoms with Gasteiger partial charge in [0.15, 0.2) is 0 Å². The Bertz CT molecular complexity index is 105. The first-order chi connectivity index (χ1) is 4.74. The predicted octanol–water partition coefficient (Wildman–Crippen LogP) is 1.30. The van der Waals surface area contributed by atoms with E-state index in [-0.39, 0.29) is 0 Å². The fourth-order valence-corrected chi connectivity index (χ4v) is 1.04. The van der Waals surface area contributed by atoms with Gasteiger partial charge in [0.25, 0.3) is 0 Å². The SMILES string of the molecule is CCN(CC)O[PH](=O)OC. The fourth-order valence-electron chi connectivity index (χ4n) is 0.495. The van der Waals surface area contributed by atoms with Crippen molar-refractivity contribution < 1.29 is 13.7 Å². The highest BCUT2D eigenvalue weighted by molar-refractivity contribution is 7.33. The van der Waals surface area contributed by atoms with Gasteiger partial charge in [-0.3, -0.25) is 4.57 Å². The van der Waals surface area contributed by atoms with Gasteiger partial charge in [-0.05, 0) is 0 Å². The van der Waals surface area contributed by atoms with Crippen LogP contribution in [0.5, 0.6) is 0 Å². The van der Waals surface area contributed by atoms with Crippen LogP contribution in [0.1, 0.15) is 13.8 Å². The first-order valence-corrected chi connectivity index (χ1v) is 4.47. The average molecular weight is 167 g/mol. The monoisotopic (exact) mass is 167 g/mol. The molecular weight excluding hydrogens is 153 g/mol. The maximum absolute atomic E-state index is 10.6. The quantitative estimate of drug-likeness (QED) is 0.457. The van der Waals surface area contributed by atoms with E-state index in [4.69, 9.17) is 4.62 Å². The summed E-state index contributed by atoms with van der Waals surface area (Å²) in [7, 11) is -0.910. The Balaban J connectivity index is 3.52. The Morgan fingerprint density at radius 2 is 1.90 bits per heavy atom. The van der Waals surface area contributed by atoms with Gasteiger partial charge in [0.05, 0.1) is 0 Å². The lowest BCUT2D eigenvalue weighted by Gasteiger charge is -2.15. The van der Waals surface area contributed by atoms with Crippen LogP contribution in [0, 0.1) is 0 Å².